The first-order chi connectivity index (χ1) is 15.3. The molecule has 0 saturated heterocycles. The van der Waals surface area contributed by atoms with Gasteiger partial charge in [-0.2, -0.15) is 0 Å². The van der Waals surface area contributed by atoms with Crippen LogP contribution in [-0.2, 0) is 16.0 Å². The molecule has 1 aliphatic heterocycles. The van der Waals surface area contributed by atoms with Crippen molar-refractivity contribution < 1.29 is 19.1 Å². The standard InChI is InChI=1S/C25H31N3O4/c1-16(2)15-26-25(31)19-6-9-21(17(3)13-19)27-23(29)5-4-12-32-20-8-10-22-18(14-20)7-11-24(30)28-22/h6,8-10,13-14,16H,4-5,7,11-12,15H2,1-3H3,(H,26,31)(H,27,29)(H,28,30). The van der Waals surface area contributed by atoms with Gasteiger partial charge in [-0.1, -0.05) is 13.8 Å². The van der Waals surface area contributed by atoms with Crippen molar-refractivity contribution in [2.24, 2.45) is 5.92 Å². The van der Waals surface area contributed by atoms with Crippen molar-refractivity contribution >= 4 is 29.1 Å². The average Bonchev–Trinajstić information content (AvgIpc) is 2.76. The van der Waals surface area contributed by atoms with Gasteiger partial charge in [0.1, 0.15) is 5.75 Å². The van der Waals surface area contributed by atoms with Gasteiger partial charge in [-0.25, -0.2) is 0 Å². The highest BCUT2D eigenvalue weighted by Crippen LogP contribution is 2.27. The van der Waals surface area contributed by atoms with Crippen molar-refractivity contribution in [3.63, 3.8) is 0 Å². The third kappa shape index (κ3) is 6.57. The molecule has 7 heteroatoms. The first kappa shape index (κ1) is 23.3. The van der Waals surface area contributed by atoms with E-state index in [9.17, 15) is 14.4 Å². The van der Waals surface area contributed by atoms with Gasteiger partial charge in [-0.3, -0.25) is 14.4 Å². The van der Waals surface area contributed by atoms with E-state index >= 15 is 0 Å². The van der Waals surface area contributed by atoms with Crippen molar-refractivity contribution in [2.75, 3.05) is 23.8 Å². The Labute approximate surface area is 188 Å². The Balaban J connectivity index is 1.43. The highest BCUT2D eigenvalue weighted by Gasteiger charge is 2.15. The molecule has 0 atom stereocenters. The van der Waals surface area contributed by atoms with Gasteiger partial charge in [-0.15, -0.1) is 0 Å². The number of hydrogen-bond acceptors (Lipinski definition) is 4. The fourth-order valence-electron chi connectivity index (χ4n) is 3.43. The molecule has 0 aliphatic carbocycles. The third-order valence-corrected chi connectivity index (χ3v) is 5.22. The second-order valence-electron chi connectivity index (χ2n) is 8.50. The monoisotopic (exact) mass is 437 g/mol. The summed E-state index contributed by atoms with van der Waals surface area (Å²) >= 11 is 0. The van der Waals surface area contributed by atoms with Gasteiger partial charge >= 0.3 is 0 Å². The molecule has 0 aromatic heterocycles. The topological polar surface area (TPSA) is 96.5 Å². The van der Waals surface area contributed by atoms with Crippen LogP contribution in [0.2, 0.25) is 0 Å². The summed E-state index contributed by atoms with van der Waals surface area (Å²) in [5.41, 5.74) is 4.03. The summed E-state index contributed by atoms with van der Waals surface area (Å²) < 4.78 is 5.77. The Morgan fingerprint density at radius 2 is 1.94 bits per heavy atom. The van der Waals surface area contributed by atoms with Crippen LogP contribution in [0.25, 0.3) is 0 Å². The number of carbonyl (C=O) groups is 3. The molecule has 3 rings (SSSR count). The van der Waals surface area contributed by atoms with Crippen molar-refractivity contribution in [1.82, 2.24) is 5.32 Å². The zero-order chi connectivity index (χ0) is 23.1. The smallest absolute Gasteiger partial charge is 0.251 e. The highest BCUT2D eigenvalue weighted by atomic mass is 16.5. The van der Waals surface area contributed by atoms with Gasteiger partial charge in [0.15, 0.2) is 0 Å². The Bertz CT molecular complexity index is 1000. The van der Waals surface area contributed by atoms with Gasteiger partial charge in [0.2, 0.25) is 11.8 Å². The number of aryl methyl sites for hydroxylation is 2. The van der Waals surface area contributed by atoms with E-state index in [0.717, 1.165) is 22.6 Å². The van der Waals surface area contributed by atoms with E-state index in [0.29, 0.717) is 56.0 Å². The molecule has 2 aromatic carbocycles. The van der Waals surface area contributed by atoms with Crippen LogP contribution in [-0.4, -0.2) is 30.9 Å². The van der Waals surface area contributed by atoms with Gasteiger partial charge < -0.3 is 20.7 Å². The molecule has 0 fully saturated rings. The van der Waals surface area contributed by atoms with Crippen molar-refractivity contribution in [1.29, 1.82) is 0 Å². The molecule has 0 radical (unpaired) electrons. The molecule has 0 bridgehead atoms. The number of ether oxygens (including phenoxy) is 1. The van der Waals surface area contributed by atoms with E-state index in [2.05, 4.69) is 16.0 Å². The number of fused-ring (bicyclic) bond motifs is 1. The second kappa shape index (κ2) is 10.8. The van der Waals surface area contributed by atoms with Crippen LogP contribution >= 0.6 is 0 Å². The Hall–Kier alpha value is -3.35. The fraction of sp³-hybridized carbons (Fsp3) is 0.400. The molecule has 32 heavy (non-hydrogen) atoms. The van der Waals surface area contributed by atoms with Crippen molar-refractivity contribution in [2.45, 2.75) is 46.5 Å². The molecular formula is C25H31N3O4. The van der Waals surface area contributed by atoms with Crippen LogP contribution < -0.4 is 20.7 Å². The molecule has 170 valence electrons. The number of carbonyl (C=O) groups excluding carboxylic acids is 3. The molecule has 1 heterocycles. The minimum absolute atomic E-state index is 0.0384. The van der Waals surface area contributed by atoms with Crippen LogP contribution in [0, 0.1) is 12.8 Å². The predicted molar refractivity (Wildman–Crippen MR) is 125 cm³/mol. The quantitative estimate of drug-likeness (QED) is 0.516. The molecular weight excluding hydrogens is 406 g/mol. The van der Waals surface area contributed by atoms with Crippen LogP contribution in [0.3, 0.4) is 0 Å². The zero-order valence-corrected chi connectivity index (χ0v) is 18.9. The molecule has 0 spiro atoms. The number of anilines is 2. The SMILES string of the molecule is Cc1cc(C(=O)NCC(C)C)ccc1NC(=O)CCCOc1ccc2c(c1)CCC(=O)N2. The van der Waals surface area contributed by atoms with E-state index in [1.807, 2.05) is 39.0 Å². The summed E-state index contributed by atoms with van der Waals surface area (Å²) in [6, 6.07) is 10.9. The first-order valence-corrected chi connectivity index (χ1v) is 11.1. The van der Waals surface area contributed by atoms with E-state index in [-0.39, 0.29) is 17.7 Å². The fourth-order valence-corrected chi connectivity index (χ4v) is 3.43. The number of nitrogens with one attached hydrogen (secondary N) is 3. The van der Waals surface area contributed by atoms with Crippen LogP contribution in [0.4, 0.5) is 11.4 Å². The Kier molecular flexibility index (Phi) is 7.87. The maximum absolute atomic E-state index is 12.3. The number of hydrogen-bond donors (Lipinski definition) is 3. The third-order valence-electron chi connectivity index (χ3n) is 5.22. The van der Waals surface area contributed by atoms with E-state index in [4.69, 9.17) is 4.74 Å². The normalized spacial score (nSPS) is 12.7. The molecule has 3 N–H and O–H groups in total. The van der Waals surface area contributed by atoms with E-state index in [1.165, 1.54) is 0 Å². The largest absolute Gasteiger partial charge is 0.494 e. The summed E-state index contributed by atoms with van der Waals surface area (Å²) in [4.78, 5) is 35.9. The lowest BCUT2D eigenvalue weighted by atomic mass is 10.0. The minimum atomic E-state index is -0.110. The summed E-state index contributed by atoms with van der Waals surface area (Å²) in [6.45, 7) is 7.01. The van der Waals surface area contributed by atoms with Gasteiger partial charge in [-0.05, 0) is 73.2 Å². The molecule has 0 saturated carbocycles. The molecule has 3 amide bonds. The minimum Gasteiger partial charge on any atom is -0.494 e. The lowest BCUT2D eigenvalue weighted by molar-refractivity contribution is -0.117. The zero-order valence-electron chi connectivity index (χ0n) is 18.9. The number of benzene rings is 2. The first-order valence-electron chi connectivity index (χ1n) is 11.1. The molecule has 0 unspecified atom stereocenters. The number of rotatable bonds is 9. The number of amides is 3. The average molecular weight is 438 g/mol. The second-order valence-corrected chi connectivity index (χ2v) is 8.50. The van der Waals surface area contributed by atoms with E-state index < -0.39 is 0 Å². The maximum Gasteiger partial charge on any atom is 0.251 e. The molecule has 1 aliphatic rings. The van der Waals surface area contributed by atoms with Gasteiger partial charge in [0, 0.05) is 36.3 Å². The van der Waals surface area contributed by atoms with E-state index in [1.54, 1.807) is 18.2 Å². The summed E-state index contributed by atoms with van der Waals surface area (Å²) in [6.07, 6.45) is 2.10. The van der Waals surface area contributed by atoms with Crippen LogP contribution in [0.1, 0.15) is 54.6 Å². The Morgan fingerprint density at radius 1 is 1.12 bits per heavy atom. The summed E-state index contributed by atoms with van der Waals surface area (Å²) in [5, 5.41) is 8.65. The molecule has 2 aromatic rings. The lowest BCUT2D eigenvalue weighted by Crippen LogP contribution is -2.27. The van der Waals surface area contributed by atoms with Crippen molar-refractivity contribution in [3.05, 3.63) is 53.1 Å². The lowest BCUT2D eigenvalue weighted by Gasteiger charge is -2.17. The van der Waals surface area contributed by atoms with Crippen LogP contribution in [0.15, 0.2) is 36.4 Å². The Morgan fingerprint density at radius 3 is 2.69 bits per heavy atom. The molecule has 7 nitrogen and oxygen atoms in total. The van der Waals surface area contributed by atoms with Gasteiger partial charge in [0.25, 0.3) is 5.91 Å². The van der Waals surface area contributed by atoms with Crippen molar-refractivity contribution in [3.8, 4) is 5.75 Å². The maximum atomic E-state index is 12.3. The summed E-state index contributed by atoms with van der Waals surface area (Å²) in [7, 11) is 0. The predicted octanol–water partition coefficient (Wildman–Crippen LogP) is 4.06. The van der Waals surface area contributed by atoms with Gasteiger partial charge in [0.05, 0.1) is 6.61 Å². The van der Waals surface area contributed by atoms with Crippen LogP contribution in [0.5, 0.6) is 5.75 Å². The highest BCUT2D eigenvalue weighted by molar-refractivity contribution is 5.96. The summed E-state index contributed by atoms with van der Waals surface area (Å²) in [5.74, 6) is 0.958.